The minimum absolute atomic E-state index is 0.552. The predicted octanol–water partition coefficient (Wildman–Crippen LogP) is 5.60. The van der Waals surface area contributed by atoms with E-state index in [4.69, 9.17) is 15.1 Å². The summed E-state index contributed by atoms with van der Waals surface area (Å²) in [6, 6.07) is 5.94. The maximum Gasteiger partial charge on any atom is 0.171 e. The van der Waals surface area contributed by atoms with Gasteiger partial charge in [-0.15, -0.1) is 0 Å². The molecule has 1 aromatic rings. The van der Waals surface area contributed by atoms with Crippen molar-refractivity contribution in [3.63, 3.8) is 0 Å². The molecule has 0 aromatic heterocycles. The standard InChI is InChI=1S/C23H41N3O2/c1-4-7-10-12-16-26(17-13-11-8-5-2)28-20-21-14-15-22(25-24)23(19-21)27-18-9-6-3/h14-15,19,24H,4-13,16-18,20H2,1-3H3/p+1. The van der Waals surface area contributed by atoms with Crippen molar-refractivity contribution in [2.75, 3.05) is 19.7 Å². The first-order chi connectivity index (χ1) is 13.7. The van der Waals surface area contributed by atoms with Gasteiger partial charge in [0, 0.05) is 13.1 Å². The topological polar surface area (TPSA) is 59.7 Å². The van der Waals surface area contributed by atoms with Crippen molar-refractivity contribution in [1.82, 2.24) is 5.06 Å². The van der Waals surface area contributed by atoms with Crippen molar-refractivity contribution in [3.8, 4) is 5.75 Å². The summed E-state index contributed by atoms with van der Waals surface area (Å²) >= 11 is 0. The first kappa shape index (κ1) is 24.6. The first-order valence-electron chi connectivity index (χ1n) is 11.3. The number of nitrogens with zero attached hydrogens (tertiary/aromatic N) is 2. The van der Waals surface area contributed by atoms with Crippen LogP contribution in [0.15, 0.2) is 23.3 Å². The maximum atomic E-state index is 6.16. The Bertz CT molecular complexity index is 511. The summed E-state index contributed by atoms with van der Waals surface area (Å²) in [6.45, 7) is 9.88. The van der Waals surface area contributed by atoms with Gasteiger partial charge in [0.05, 0.1) is 13.2 Å². The Hall–Kier alpha value is -1.46. The number of hydroxylamine groups is 2. The molecule has 0 fully saturated rings. The van der Waals surface area contributed by atoms with Gasteiger partial charge >= 0.3 is 0 Å². The van der Waals surface area contributed by atoms with Crippen LogP contribution in [0.5, 0.6) is 5.75 Å². The number of hydrogen-bond donors (Lipinski definition) is 1. The van der Waals surface area contributed by atoms with Crippen molar-refractivity contribution in [2.24, 2.45) is 5.11 Å². The number of ether oxygens (including phenoxy) is 1. The summed E-state index contributed by atoms with van der Waals surface area (Å²) in [5.74, 6) is 0.745. The molecule has 0 amide bonds. The van der Waals surface area contributed by atoms with Crippen LogP contribution in [-0.2, 0) is 11.4 Å². The van der Waals surface area contributed by atoms with E-state index in [1.807, 2.05) is 18.2 Å². The summed E-state index contributed by atoms with van der Waals surface area (Å²) < 4.78 is 5.86. The molecule has 0 unspecified atom stereocenters. The van der Waals surface area contributed by atoms with Crippen molar-refractivity contribution in [2.45, 2.75) is 91.6 Å². The van der Waals surface area contributed by atoms with Crippen LogP contribution in [0.4, 0.5) is 5.69 Å². The van der Waals surface area contributed by atoms with E-state index >= 15 is 0 Å². The van der Waals surface area contributed by atoms with E-state index in [1.54, 1.807) is 0 Å². The minimum atomic E-state index is 0.552. The fraction of sp³-hybridized carbons (Fsp3) is 0.739. The third-order valence-electron chi connectivity index (χ3n) is 4.85. The van der Waals surface area contributed by atoms with Crippen LogP contribution < -0.4 is 10.3 Å². The van der Waals surface area contributed by atoms with Gasteiger partial charge in [-0.2, -0.15) is 10.6 Å². The van der Waals surface area contributed by atoms with E-state index in [9.17, 15) is 0 Å². The average Bonchev–Trinajstić information content (AvgIpc) is 2.72. The average molecular weight is 393 g/mol. The SMILES string of the molecule is CCCCCCN(CCCCCC)OCc1ccc(N=[NH2+])c(OCCCC)c1. The van der Waals surface area contributed by atoms with Crippen molar-refractivity contribution < 1.29 is 15.1 Å². The first-order valence-corrected chi connectivity index (χ1v) is 11.3. The third kappa shape index (κ3) is 10.8. The Labute approximate surface area is 172 Å². The van der Waals surface area contributed by atoms with E-state index < -0.39 is 0 Å². The molecule has 0 bridgehead atoms. The van der Waals surface area contributed by atoms with Crippen LogP contribution >= 0.6 is 0 Å². The second-order valence-electron chi connectivity index (χ2n) is 7.46. The van der Waals surface area contributed by atoms with Gasteiger partial charge in [0.1, 0.15) is 0 Å². The Morgan fingerprint density at radius 1 is 0.857 bits per heavy atom. The molecule has 1 aromatic carbocycles. The molecule has 5 heteroatoms. The van der Waals surface area contributed by atoms with Crippen LogP contribution in [0, 0.1) is 0 Å². The lowest BCUT2D eigenvalue weighted by molar-refractivity contribution is -0.210. The lowest BCUT2D eigenvalue weighted by atomic mass is 10.2. The fourth-order valence-corrected chi connectivity index (χ4v) is 3.03. The van der Waals surface area contributed by atoms with Crippen molar-refractivity contribution in [3.05, 3.63) is 23.8 Å². The molecular formula is C23H42N3O2+. The molecule has 160 valence electrons. The second-order valence-corrected chi connectivity index (χ2v) is 7.46. The summed E-state index contributed by atoms with van der Waals surface area (Å²) in [4.78, 5) is 6.16. The summed E-state index contributed by atoms with van der Waals surface area (Å²) in [6.07, 6.45) is 12.2. The van der Waals surface area contributed by atoms with E-state index in [-0.39, 0.29) is 0 Å². The number of hydrogen-bond acceptors (Lipinski definition) is 4. The van der Waals surface area contributed by atoms with Crippen molar-refractivity contribution in [1.29, 1.82) is 0 Å². The number of rotatable bonds is 18. The molecule has 0 aliphatic rings. The van der Waals surface area contributed by atoms with Gasteiger partial charge in [-0.25, -0.2) is 0 Å². The van der Waals surface area contributed by atoms with E-state index in [0.29, 0.717) is 18.9 Å². The number of unbranched alkanes of at least 4 members (excludes halogenated alkanes) is 7. The molecule has 2 N–H and O–H groups in total. The van der Waals surface area contributed by atoms with Gasteiger partial charge in [-0.1, -0.05) is 71.8 Å². The lowest BCUT2D eigenvalue weighted by Crippen LogP contribution is -2.26. The second kappa shape index (κ2) is 16.5. The smallest absolute Gasteiger partial charge is 0.171 e. The molecule has 28 heavy (non-hydrogen) atoms. The van der Waals surface area contributed by atoms with Gasteiger partial charge in [0.15, 0.2) is 11.4 Å². The maximum absolute atomic E-state index is 6.16. The normalized spacial score (nSPS) is 11.1. The monoisotopic (exact) mass is 392 g/mol. The van der Waals surface area contributed by atoms with E-state index in [2.05, 4.69) is 30.9 Å². The van der Waals surface area contributed by atoms with E-state index in [1.165, 1.54) is 51.4 Å². The Balaban J connectivity index is 2.59. The highest BCUT2D eigenvalue weighted by Gasteiger charge is 2.10. The predicted molar refractivity (Wildman–Crippen MR) is 116 cm³/mol. The van der Waals surface area contributed by atoms with Gasteiger partial charge in [0.2, 0.25) is 0 Å². The summed E-state index contributed by atoms with van der Waals surface area (Å²) in [5.41, 5.74) is 7.27. The summed E-state index contributed by atoms with van der Waals surface area (Å²) in [5, 5.41) is 5.98. The van der Waals surface area contributed by atoms with Crippen LogP contribution in [0.1, 0.15) is 90.5 Å². The molecule has 5 nitrogen and oxygen atoms in total. The van der Waals surface area contributed by atoms with Crippen LogP contribution in [0.25, 0.3) is 0 Å². The van der Waals surface area contributed by atoms with Gasteiger partial charge in [-0.05, 0) is 42.1 Å². The third-order valence-corrected chi connectivity index (χ3v) is 4.85. The van der Waals surface area contributed by atoms with Crippen LogP contribution in [0.3, 0.4) is 0 Å². The lowest BCUT2D eigenvalue weighted by Gasteiger charge is -2.22. The zero-order chi connectivity index (χ0) is 20.5. The van der Waals surface area contributed by atoms with Crippen molar-refractivity contribution >= 4 is 5.69 Å². The van der Waals surface area contributed by atoms with Crippen LogP contribution in [-0.4, -0.2) is 24.8 Å². The molecule has 1 rings (SSSR count). The molecule has 0 heterocycles. The summed E-state index contributed by atoms with van der Waals surface area (Å²) in [7, 11) is 0. The Morgan fingerprint density at radius 3 is 2.07 bits per heavy atom. The molecule has 0 spiro atoms. The largest absolute Gasteiger partial charge is 0.491 e. The minimum Gasteiger partial charge on any atom is -0.491 e. The zero-order valence-corrected chi connectivity index (χ0v) is 18.4. The molecular weight excluding hydrogens is 350 g/mol. The van der Waals surface area contributed by atoms with Crippen LogP contribution in [0.2, 0.25) is 0 Å². The molecule has 0 saturated carbocycles. The van der Waals surface area contributed by atoms with E-state index in [0.717, 1.165) is 37.2 Å². The molecule has 0 saturated heterocycles. The molecule has 0 aliphatic heterocycles. The van der Waals surface area contributed by atoms with Gasteiger partial charge in [-0.3, -0.25) is 4.84 Å². The Kier molecular flexibility index (Phi) is 14.5. The highest BCUT2D eigenvalue weighted by molar-refractivity contribution is 5.52. The zero-order valence-electron chi connectivity index (χ0n) is 18.4. The molecule has 0 aliphatic carbocycles. The molecule has 0 radical (unpaired) electrons. The number of nitrogens with two attached hydrogens (primary N) is 1. The Morgan fingerprint density at radius 2 is 1.50 bits per heavy atom. The highest BCUT2D eigenvalue weighted by Crippen LogP contribution is 2.28. The van der Waals surface area contributed by atoms with Gasteiger partial charge in [0.25, 0.3) is 0 Å². The molecule has 0 atom stereocenters. The van der Waals surface area contributed by atoms with Gasteiger partial charge < -0.3 is 4.74 Å². The number of benzene rings is 1. The fourth-order valence-electron chi connectivity index (χ4n) is 3.03. The quantitative estimate of drug-likeness (QED) is 0.201. The highest BCUT2D eigenvalue weighted by atomic mass is 16.7.